The molecule has 0 bridgehead atoms. The maximum absolute atomic E-state index is 12.5. The van der Waals surface area contributed by atoms with Gasteiger partial charge in [0.25, 0.3) is 10.0 Å². The molecular weight excluding hydrogens is 346 g/mol. The van der Waals surface area contributed by atoms with E-state index < -0.39 is 10.0 Å². The van der Waals surface area contributed by atoms with Gasteiger partial charge in [0.15, 0.2) is 0 Å². The quantitative estimate of drug-likeness (QED) is 0.725. The fourth-order valence-electron chi connectivity index (χ4n) is 2.83. The van der Waals surface area contributed by atoms with Gasteiger partial charge in [-0.05, 0) is 37.9 Å². The standard InChI is InChI=1S/C16H27N3O3S2/c1-3-19(4-2)24(21,22)15-9-8-13(23-15)10-12-18-16(20)14-7-5-6-11-17-14/h8-9,14,17H,3-7,10-12H2,1-2H3,(H,18,20). The lowest BCUT2D eigenvalue weighted by Gasteiger charge is -2.22. The number of rotatable bonds is 8. The van der Waals surface area contributed by atoms with Crippen molar-refractivity contribution in [2.75, 3.05) is 26.2 Å². The van der Waals surface area contributed by atoms with E-state index in [1.54, 1.807) is 6.07 Å². The minimum atomic E-state index is -3.38. The summed E-state index contributed by atoms with van der Waals surface area (Å²) in [5.41, 5.74) is 0. The highest BCUT2D eigenvalue weighted by molar-refractivity contribution is 7.91. The van der Waals surface area contributed by atoms with E-state index in [2.05, 4.69) is 10.6 Å². The van der Waals surface area contributed by atoms with Gasteiger partial charge in [0.1, 0.15) is 4.21 Å². The van der Waals surface area contributed by atoms with Gasteiger partial charge in [-0.3, -0.25) is 4.79 Å². The van der Waals surface area contributed by atoms with Crippen LogP contribution in [0.1, 0.15) is 38.0 Å². The van der Waals surface area contributed by atoms with Gasteiger partial charge in [-0.15, -0.1) is 11.3 Å². The summed E-state index contributed by atoms with van der Waals surface area (Å²) in [7, 11) is -3.38. The van der Waals surface area contributed by atoms with Gasteiger partial charge in [0.05, 0.1) is 6.04 Å². The normalized spacial score (nSPS) is 18.7. The van der Waals surface area contributed by atoms with E-state index in [1.165, 1.54) is 15.6 Å². The molecular formula is C16H27N3O3S2. The Morgan fingerprint density at radius 1 is 1.33 bits per heavy atom. The summed E-state index contributed by atoms with van der Waals surface area (Å²) in [5.74, 6) is 0.0437. The second kappa shape index (κ2) is 8.94. The molecule has 2 heterocycles. The Morgan fingerprint density at radius 2 is 2.08 bits per heavy atom. The van der Waals surface area contributed by atoms with Crippen LogP contribution in [0.2, 0.25) is 0 Å². The topological polar surface area (TPSA) is 78.5 Å². The van der Waals surface area contributed by atoms with Gasteiger partial charge in [0, 0.05) is 24.5 Å². The van der Waals surface area contributed by atoms with E-state index in [9.17, 15) is 13.2 Å². The molecule has 2 rings (SSSR count). The van der Waals surface area contributed by atoms with E-state index >= 15 is 0 Å². The van der Waals surface area contributed by atoms with Crippen LogP contribution in [0.15, 0.2) is 16.3 Å². The van der Waals surface area contributed by atoms with Crippen LogP contribution >= 0.6 is 11.3 Å². The SMILES string of the molecule is CCN(CC)S(=O)(=O)c1ccc(CCNC(=O)C2CCCCN2)s1. The molecule has 1 amide bonds. The molecule has 1 saturated heterocycles. The molecule has 136 valence electrons. The molecule has 1 aromatic rings. The van der Waals surface area contributed by atoms with Crippen molar-refractivity contribution >= 4 is 27.3 Å². The molecule has 24 heavy (non-hydrogen) atoms. The van der Waals surface area contributed by atoms with Gasteiger partial charge < -0.3 is 10.6 Å². The van der Waals surface area contributed by atoms with E-state index in [0.29, 0.717) is 30.3 Å². The summed E-state index contributed by atoms with van der Waals surface area (Å²) >= 11 is 1.29. The summed E-state index contributed by atoms with van der Waals surface area (Å²) in [6.07, 6.45) is 3.75. The van der Waals surface area contributed by atoms with Gasteiger partial charge >= 0.3 is 0 Å². The number of hydrogen-bond donors (Lipinski definition) is 2. The molecule has 0 radical (unpaired) electrons. The van der Waals surface area contributed by atoms with Crippen LogP contribution in [0.3, 0.4) is 0 Å². The molecule has 8 heteroatoms. The maximum Gasteiger partial charge on any atom is 0.252 e. The van der Waals surface area contributed by atoms with Crippen LogP contribution in [-0.4, -0.2) is 50.9 Å². The number of carbonyl (C=O) groups is 1. The zero-order valence-electron chi connectivity index (χ0n) is 14.4. The van der Waals surface area contributed by atoms with Crippen molar-refractivity contribution in [3.8, 4) is 0 Å². The lowest BCUT2D eigenvalue weighted by atomic mass is 10.0. The van der Waals surface area contributed by atoms with Crippen LogP contribution in [0.5, 0.6) is 0 Å². The molecule has 1 aliphatic heterocycles. The molecule has 1 aliphatic rings. The highest BCUT2D eigenvalue weighted by atomic mass is 32.2. The van der Waals surface area contributed by atoms with Crippen molar-refractivity contribution in [3.05, 3.63) is 17.0 Å². The summed E-state index contributed by atoms with van der Waals surface area (Å²) < 4.78 is 26.7. The fraction of sp³-hybridized carbons (Fsp3) is 0.688. The lowest BCUT2D eigenvalue weighted by molar-refractivity contribution is -0.123. The Hall–Kier alpha value is -0.960. The summed E-state index contributed by atoms with van der Waals surface area (Å²) in [6.45, 7) is 6.04. The third-order valence-corrected chi connectivity index (χ3v) is 7.90. The average molecular weight is 374 g/mol. The number of amides is 1. The number of hydrogen-bond acceptors (Lipinski definition) is 5. The minimum absolute atomic E-state index is 0.0437. The van der Waals surface area contributed by atoms with Crippen LogP contribution in [0.25, 0.3) is 0 Å². The lowest BCUT2D eigenvalue weighted by Crippen LogP contribution is -2.47. The number of carbonyl (C=O) groups excluding carboxylic acids is 1. The Kier molecular flexibility index (Phi) is 7.21. The van der Waals surface area contributed by atoms with Crippen LogP contribution < -0.4 is 10.6 Å². The van der Waals surface area contributed by atoms with Crippen molar-refractivity contribution in [1.29, 1.82) is 0 Å². The monoisotopic (exact) mass is 373 g/mol. The second-order valence-electron chi connectivity index (χ2n) is 5.85. The van der Waals surface area contributed by atoms with Crippen molar-refractivity contribution in [1.82, 2.24) is 14.9 Å². The first-order valence-corrected chi connectivity index (χ1v) is 10.8. The first-order valence-electron chi connectivity index (χ1n) is 8.59. The number of thiophene rings is 1. The minimum Gasteiger partial charge on any atom is -0.354 e. The first-order chi connectivity index (χ1) is 11.5. The number of nitrogens with one attached hydrogen (secondary N) is 2. The number of nitrogens with zero attached hydrogens (tertiary/aromatic N) is 1. The summed E-state index contributed by atoms with van der Waals surface area (Å²) in [5, 5.41) is 6.16. The fourth-order valence-corrected chi connectivity index (χ4v) is 5.80. The molecule has 1 aromatic heterocycles. The highest BCUT2D eigenvalue weighted by Crippen LogP contribution is 2.25. The largest absolute Gasteiger partial charge is 0.354 e. The van der Waals surface area contributed by atoms with Crippen LogP contribution in [-0.2, 0) is 21.2 Å². The molecule has 0 spiro atoms. The van der Waals surface area contributed by atoms with Crippen molar-refractivity contribution in [2.24, 2.45) is 0 Å². The average Bonchev–Trinajstić information content (AvgIpc) is 3.06. The van der Waals surface area contributed by atoms with E-state index in [0.717, 1.165) is 30.7 Å². The van der Waals surface area contributed by atoms with Crippen molar-refractivity contribution in [3.63, 3.8) is 0 Å². The predicted molar refractivity (Wildman–Crippen MR) is 96.8 cm³/mol. The first kappa shape index (κ1) is 19.4. The van der Waals surface area contributed by atoms with Gasteiger partial charge in [-0.25, -0.2) is 8.42 Å². The smallest absolute Gasteiger partial charge is 0.252 e. The van der Waals surface area contributed by atoms with E-state index in [4.69, 9.17) is 0 Å². The van der Waals surface area contributed by atoms with Crippen molar-refractivity contribution in [2.45, 2.75) is 49.8 Å². The highest BCUT2D eigenvalue weighted by Gasteiger charge is 2.23. The molecule has 0 saturated carbocycles. The Morgan fingerprint density at radius 3 is 2.71 bits per heavy atom. The predicted octanol–water partition coefficient (Wildman–Crippen LogP) is 1.58. The molecule has 0 aromatic carbocycles. The molecule has 1 unspecified atom stereocenters. The zero-order valence-corrected chi connectivity index (χ0v) is 16.0. The Labute approximate surface area is 148 Å². The van der Waals surface area contributed by atoms with Gasteiger partial charge in [0.2, 0.25) is 5.91 Å². The molecule has 0 aliphatic carbocycles. The van der Waals surface area contributed by atoms with Crippen LogP contribution in [0.4, 0.5) is 0 Å². The molecule has 1 fully saturated rings. The van der Waals surface area contributed by atoms with E-state index in [-0.39, 0.29) is 11.9 Å². The Bertz CT molecular complexity index is 633. The number of sulfonamides is 1. The molecule has 1 atom stereocenters. The molecule has 2 N–H and O–H groups in total. The maximum atomic E-state index is 12.5. The van der Waals surface area contributed by atoms with Gasteiger partial charge in [-0.1, -0.05) is 20.3 Å². The van der Waals surface area contributed by atoms with E-state index in [1.807, 2.05) is 19.9 Å². The van der Waals surface area contributed by atoms with Crippen LogP contribution in [0, 0.1) is 0 Å². The summed E-state index contributed by atoms with van der Waals surface area (Å²) in [4.78, 5) is 13.0. The Balaban J connectivity index is 1.86. The molecule has 6 nitrogen and oxygen atoms in total. The second-order valence-corrected chi connectivity index (χ2v) is 9.19. The zero-order chi connectivity index (χ0) is 17.6. The van der Waals surface area contributed by atoms with Crippen molar-refractivity contribution < 1.29 is 13.2 Å². The third kappa shape index (κ3) is 4.78. The summed E-state index contributed by atoms with van der Waals surface area (Å²) in [6, 6.07) is 3.42. The van der Waals surface area contributed by atoms with Gasteiger partial charge in [-0.2, -0.15) is 4.31 Å². The number of piperidine rings is 1. The third-order valence-electron chi connectivity index (χ3n) is 4.23.